The number of carbonyl (C=O) groups is 2. The Morgan fingerprint density at radius 1 is 0.949 bits per heavy atom. The Hall–Kier alpha value is -3.45. The first-order valence-electron chi connectivity index (χ1n) is 13.0. The van der Waals surface area contributed by atoms with Crippen molar-refractivity contribution in [1.29, 1.82) is 0 Å². The number of carboxylic acids is 1. The van der Waals surface area contributed by atoms with Crippen molar-refractivity contribution < 1.29 is 14.7 Å². The van der Waals surface area contributed by atoms with E-state index in [0.717, 1.165) is 48.8 Å². The normalized spacial score (nSPS) is 14.7. The molecule has 39 heavy (non-hydrogen) atoms. The predicted molar refractivity (Wildman–Crippen MR) is 156 cm³/mol. The molecule has 0 saturated carbocycles. The number of hydrogen-bond donors (Lipinski definition) is 3. The van der Waals surface area contributed by atoms with Crippen molar-refractivity contribution in [3.63, 3.8) is 0 Å². The average molecular weight is 562 g/mol. The second-order valence-electron chi connectivity index (χ2n) is 9.98. The van der Waals surface area contributed by atoms with Crippen molar-refractivity contribution in [2.24, 2.45) is 5.92 Å². The highest BCUT2D eigenvalue weighted by Crippen LogP contribution is 2.34. The van der Waals surface area contributed by atoms with Gasteiger partial charge in [-0.15, -0.1) is 0 Å². The molecule has 0 unspecified atom stereocenters. The minimum Gasteiger partial charge on any atom is -0.480 e. The number of rotatable bonds is 8. The number of amides is 1. The lowest BCUT2D eigenvalue weighted by molar-refractivity contribution is -0.139. The van der Waals surface area contributed by atoms with E-state index >= 15 is 0 Å². The van der Waals surface area contributed by atoms with Crippen LogP contribution in [0.3, 0.4) is 0 Å². The minimum absolute atomic E-state index is 0.142. The Kier molecular flexibility index (Phi) is 8.46. The van der Waals surface area contributed by atoms with Crippen LogP contribution in [0.1, 0.15) is 34.3 Å². The molecule has 1 aliphatic rings. The minimum atomic E-state index is -1.09. The van der Waals surface area contributed by atoms with Crippen molar-refractivity contribution in [1.82, 2.24) is 15.6 Å². The van der Waals surface area contributed by atoms with E-state index in [0.29, 0.717) is 32.8 Å². The number of pyridine rings is 1. The lowest BCUT2D eigenvalue weighted by Gasteiger charge is -2.22. The summed E-state index contributed by atoms with van der Waals surface area (Å²) in [5, 5.41) is 17.8. The highest BCUT2D eigenvalue weighted by Gasteiger charge is 2.22. The summed E-state index contributed by atoms with van der Waals surface area (Å²) in [5.74, 6) is -0.840. The van der Waals surface area contributed by atoms with Gasteiger partial charge in [0.2, 0.25) is 0 Å². The zero-order valence-corrected chi connectivity index (χ0v) is 22.8. The Bertz CT molecular complexity index is 1480. The fourth-order valence-corrected chi connectivity index (χ4v) is 5.66. The summed E-state index contributed by atoms with van der Waals surface area (Å²) in [5.41, 5.74) is 4.47. The third-order valence-electron chi connectivity index (χ3n) is 7.21. The van der Waals surface area contributed by atoms with Crippen LogP contribution in [0, 0.1) is 5.92 Å². The number of aliphatic carboxylic acids is 1. The van der Waals surface area contributed by atoms with Gasteiger partial charge in [0.1, 0.15) is 6.04 Å². The Balaban J connectivity index is 1.27. The summed E-state index contributed by atoms with van der Waals surface area (Å²) in [6.07, 6.45) is 3.45. The molecule has 6 nitrogen and oxygen atoms in total. The van der Waals surface area contributed by atoms with E-state index in [1.165, 1.54) is 5.56 Å². The van der Waals surface area contributed by atoms with Crippen molar-refractivity contribution in [3.8, 4) is 11.3 Å². The Labute approximate surface area is 237 Å². The van der Waals surface area contributed by atoms with E-state index in [-0.39, 0.29) is 6.42 Å². The van der Waals surface area contributed by atoms with Gasteiger partial charge in [0.15, 0.2) is 0 Å². The monoisotopic (exact) mass is 561 g/mol. The van der Waals surface area contributed by atoms with Crippen molar-refractivity contribution in [2.75, 3.05) is 13.1 Å². The van der Waals surface area contributed by atoms with E-state index < -0.39 is 17.9 Å². The number of benzene rings is 3. The van der Waals surface area contributed by atoms with Gasteiger partial charge in [-0.3, -0.25) is 4.79 Å². The summed E-state index contributed by atoms with van der Waals surface area (Å²) < 4.78 is 0. The van der Waals surface area contributed by atoms with Gasteiger partial charge in [-0.1, -0.05) is 53.5 Å². The largest absolute Gasteiger partial charge is 0.480 e. The molecule has 0 aliphatic carbocycles. The Morgan fingerprint density at radius 3 is 2.33 bits per heavy atom. The van der Waals surface area contributed by atoms with Crippen LogP contribution in [-0.2, 0) is 17.6 Å². The molecule has 1 aromatic heterocycles. The number of carboxylic acid groups (broad SMARTS) is 1. The molecule has 200 valence electrons. The third-order valence-corrected chi connectivity index (χ3v) is 7.84. The van der Waals surface area contributed by atoms with Gasteiger partial charge in [0, 0.05) is 22.9 Å². The number of nitrogens with zero attached hydrogens (tertiary/aromatic N) is 1. The van der Waals surface area contributed by atoms with E-state index in [1.807, 2.05) is 42.5 Å². The lowest BCUT2D eigenvalue weighted by atomic mass is 9.91. The molecule has 1 saturated heterocycles. The molecule has 1 amide bonds. The molecule has 0 bridgehead atoms. The molecular weight excluding hydrogens is 533 g/mol. The molecule has 3 N–H and O–H groups in total. The van der Waals surface area contributed by atoms with Crippen molar-refractivity contribution in [2.45, 2.75) is 31.7 Å². The summed E-state index contributed by atoms with van der Waals surface area (Å²) >= 11 is 12.7. The molecule has 4 aromatic rings. The predicted octanol–water partition coefficient (Wildman–Crippen LogP) is 6.18. The van der Waals surface area contributed by atoms with Crippen molar-refractivity contribution >= 4 is 46.0 Å². The number of aromatic nitrogens is 1. The quantitative estimate of drug-likeness (QED) is 0.239. The van der Waals surface area contributed by atoms with Crippen molar-refractivity contribution in [3.05, 3.63) is 99.5 Å². The smallest absolute Gasteiger partial charge is 0.326 e. The van der Waals surface area contributed by atoms with Crippen LogP contribution in [0.25, 0.3) is 22.2 Å². The highest BCUT2D eigenvalue weighted by atomic mass is 35.5. The molecular formula is C31H29Cl2N3O3. The zero-order chi connectivity index (χ0) is 27.4. The van der Waals surface area contributed by atoms with Crippen LogP contribution in [0.15, 0.2) is 72.8 Å². The number of hydrogen-bond acceptors (Lipinski definition) is 4. The molecule has 1 aliphatic heterocycles. The van der Waals surface area contributed by atoms with E-state index in [9.17, 15) is 14.7 Å². The summed E-state index contributed by atoms with van der Waals surface area (Å²) in [6.45, 7) is 2.10. The van der Waals surface area contributed by atoms with Crippen LogP contribution in [-0.4, -0.2) is 41.1 Å². The molecule has 0 spiro atoms. The lowest BCUT2D eigenvalue weighted by Crippen LogP contribution is -2.42. The first kappa shape index (κ1) is 27.1. The topological polar surface area (TPSA) is 91.3 Å². The maximum absolute atomic E-state index is 12.9. The molecule has 8 heteroatoms. The van der Waals surface area contributed by atoms with E-state index in [2.05, 4.69) is 10.6 Å². The maximum Gasteiger partial charge on any atom is 0.326 e. The van der Waals surface area contributed by atoms with E-state index in [1.54, 1.807) is 30.3 Å². The van der Waals surface area contributed by atoms with Gasteiger partial charge in [-0.05, 0) is 91.9 Å². The molecule has 1 atom stereocenters. The van der Waals surface area contributed by atoms with Crippen LogP contribution >= 0.6 is 23.2 Å². The SMILES string of the molecule is O=C(N[C@@H](Cc1ccc2nc(-c3c(Cl)cccc3Cl)ccc2c1)C(=O)O)c1ccc(CC2CCNCC2)cc1. The fourth-order valence-electron chi connectivity index (χ4n) is 5.07. The molecule has 3 aromatic carbocycles. The maximum atomic E-state index is 12.9. The van der Waals surface area contributed by atoms with Gasteiger partial charge >= 0.3 is 5.97 Å². The Morgan fingerprint density at radius 2 is 1.64 bits per heavy atom. The number of nitrogens with one attached hydrogen (secondary N) is 2. The van der Waals surface area contributed by atoms with Crippen LogP contribution in [0.5, 0.6) is 0 Å². The highest BCUT2D eigenvalue weighted by molar-refractivity contribution is 6.39. The van der Waals surface area contributed by atoms with Crippen LogP contribution < -0.4 is 10.6 Å². The van der Waals surface area contributed by atoms with Crippen LogP contribution in [0.4, 0.5) is 0 Å². The number of piperidine rings is 1. The molecule has 5 rings (SSSR count). The number of halogens is 2. The molecule has 2 heterocycles. The molecule has 1 fully saturated rings. The first-order chi connectivity index (χ1) is 18.9. The van der Waals surface area contributed by atoms with Gasteiger partial charge < -0.3 is 15.7 Å². The van der Waals surface area contributed by atoms with Gasteiger partial charge in [0.05, 0.1) is 21.3 Å². The third kappa shape index (κ3) is 6.59. The summed E-state index contributed by atoms with van der Waals surface area (Å²) in [6, 6.07) is 21.0. The molecule has 0 radical (unpaired) electrons. The summed E-state index contributed by atoms with van der Waals surface area (Å²) in [4.78, 5) is 29.6. The van der Waals surface area contributed by atoms with Gasteiger partial charge in [-0.25, -0.2) is 9.78 Å². The summed E-state index contributed by atoms with van der Waals surface area (Å²) in [7, 11) is 0. The second-order valence-corrected chi connectivity index (χ2v) is 10.8. The fraction of sp³-hybridized carbons (Fsp3) is 0.258. The average Bonchev–Trinajstić information content (AvgIpc) is 2.93. The van der Waals surface area contributed by atoms with Crippen LogP contribution in [0.2, 0.25) is 10.0 Å². The first-order valence-corrected chi connectivity index (χ1v) is 13.8. The van der Waals surface area contributed by atoms with Gasteiger partial charge in [-0.2, -0.15) is 0 Å². The van der Waals surface area contributed by atoms with E-state index in [4.69, 9.17) is 28.2 Å². The second kappa shape index (κ2) is 12.2. The standard InChI is InChI=1S/C31H29Cl2N3O3/c32-24-2-1-3-25(33)29(24)27-11-9-23-17-21(6-10-26(23)35-27)18-28(31(38)39)36-30(37)22-7-4-19(5-8-22)16-20-12-14-34-15-13-20/h1-11,17,20,28,34H,12-16,18H2,(H,36,37)(H,38,39)/t28-/m0/s1. The number of carbonyl (C=O) groups excluding carboxylic acids is 1. The zero-order valence-electron chi connectivity index (χ0n) is 21.3. The van der Waals surface area contributed by atoms with Gasteiger partial charge in [0.25, 0.3) is 5.91 Å². The number of fused-ring (bicyclic) bond motifs is 1.